The Morgan fingerprint density at radius 1 is 1.00 bits per heavy atom. The van der Waals surface area contributed by atoms with Gasteiger partial charge in [-0.2, -0.15) is 0 Å². The fourth-order valence-electron chi connectivity index (χ4n) is 1.76. The number of rotatable bonds is 3. The molecule has 2 nitrogen and oxygen atoms in total. The van der Waals surface area contributed by atoms with Crippen LogP contribution in [0.1, 0.15) is 24.1 Å². The Hall–Kier alpha value is -0.840. The Morgan fingerprint density at radius 2 is 1.63 bits per heavy atom. The maximum absolute atomic E-state index is 5.88. The lowest BCUT2D eigenvalue weighted by atomic mass is 10.1. The first-order chi connectivity index (χ1) is 8.97. The summed E-state index contributed by atoms with van der Waals surface area (Å²) in [6.07, 6.45) is 0. The highest BCUT2D eigenvalue weighted by Crippen LogP contribution is 2.30. The van der Waals surface area contributed by atoms with E-state index in [-0.39, 0.29) is 6.04 Å². The van der Waals surface area contributed by atoms with Crippen molar-refractivity contribution >= 4 is 31.9 Å². The summed E-state index contributed by atoms with van der Waals surface area (Å²) in [5, 5.41) is 0. The molecule has 0 amide bonds. The van der Waals surface area contributed by atoms with Gasteiger partial charge in [-0.1, -0.05) is 37.9 Å². The van der Waals surface area contributed by atoms with Crippen LogP contribution >= 0.6 is 31.9 Å². The van der Waals surface area contributed by atoms with E-state index in [2.05, 4.69) is 31.9 Å². The number of aryl methyl sites for hydroxylation is 1. The summed E-state index contributed by atoms with van der Waals surface area (Å²) < 4.78 is 7.88. The van der Waals surface area contributed by atoms with Gasteiger partial charge in [-0.15, -0.1) is 0 Å². The summed E-state index contributed by atoms with van der Waals surface area (Å²) in [6, 6.07) is 11.8. The Bertz CT molecular complexity index is 597. The van der Waals surface area contributed by atoms with Crippen LogP contribution in [0.3, 0.4) is 0 Å². The highest BCUT2D eigenvalue weighted by Gasteiger charge is 2.07. The van der Waals surface area contributed by atoms with Crippen molar-refractivity contribution in [1.29, 1.82) is 0 Å². The zero-order valence-electron chi connectivity index (χ0n) is 10.8. The molecule has 4 heteroatoms. The summed E-state index contributed by atoms with van der Waals surface area (Å²) >= 11 is 6.99. The molecule has 0 saturated carbocycles. The number of halogens is 2. The van der Waals surface area contributed by atoms with Crippen molar-refractivity contribution in [2.75, 3.05) is 0 Å². The Labute approximate surface area is 130 Å². The molecular weight excluding hydrogens is 370 g/mol. The van der Waals surface area contributed by atoms with Crippen molar-refractivity contribution in [2.45, 2.75) is 19.9 Å². The van der Waals surface area contributed by atoms with Crippen LogP contribution in [0, 0.1) is 6.92 Å². The van der Waals surface area contributed by atoms with Crippen LogP contribution < -0.4 is 10.5 Å². The first-order valence-electron chi connectivity index (χ1n) is 5.96. The van der Waals surface area contributed by atoms with Gasteiger partial charge in [0.2, 0.25) is 0 Å². The van der Waals surface area contributed by atoms with Crippen molar-refractivity contribution in [3.8, 4) is 11.5 Å². The second-order valence-electron chi connectivity index (χ2n) is 4.49. The molecule has 2 rings (SSSR count). The SMILES string of the molecule is Cc1cc(Oc2ccc([C@H](C)N)c(Br)c2)ccc1Br. The van der Waals surface area contributed by atoms with Gasteiger partial charge in [-0.05, 0) is 55.3 Å². The molecule has 19 heavy (non-hydrogen) atoms. The molecule has 0 radical (unpaired) electrons. The van der Waals surface area contributed by atoms with E-state index in [1.165, 1.54) is 0 Å². The van der Waals surface area contributed by atoms with Gasteiger partial charge in [0, 0.05) is 15.0 Å². The second-order valence-corrected chi connectivity index (χ2v) is 6.19. The summed E-state index contributed by atoms with van der Waals surface area (Å²) in [5.74, 6) is 1.61. The standard InChI is InChI=1S/C15H15Br2NO/c1-9-7-11(4-6-14(9)16)19-12-3-5-13(10(2)18)15(17)8-12/h3-8,10H,18H2,1-2H3/t10-/m0/s1. The fourth-order valence-corrected chi connectivity index (χ4v) is 2.72. The number of hydrogen-bond donors (Lipinski definition) is 1. The van der Waals surface area contributed by atoms with Crippen LogP contribution in [0.15, 0.2) is 45.3 Å². The smallest absolute Gasteiger partial charge is 0.128 e. The third kappa shape index (κ3) is 3.59. The van der Waals surface area contributed by atoms with Gasteiger partial charge in [-0.25, -0.2) is 0 Å². The molecule has 0 bridgehead atoms. The number of ether oxygens (including phenoxy) is 1. The number of benzene rings is 2. The van der Waals surface area contributed by atoms with E-state index in [0.29, 0.717) is 0 Å². The second kappa shape index (κ2) is 6.07. The molecule has 2 N–H and O–H groups in total. The van der Waals surface area contributed by atoms with E-state index in [9.17, 15) is 0 Å². The fraction of sp³-hybridized carbons (Fsp3) is 0.200. The normalized spacial score (nSPS) is 12.3. The van der Waals surface area contributed by atoms with E-state index < -0.39 is 0 Å². The zero-order valence-corrected chi connectivity index (χ0v) is 14.0. The Kier molecular flexibility index (Phi) is 4.66. The van der Waals surface area contributed by atoms with E-state index in [1.54, 1.807) is 0 Å². The molecule has 0 unspecified atom stereocenters. The molecule has 0 aliphatic carbocycles. The van der Waals surface area contributed by atoms with Gasteiger partial charge in [-0.3, -0.25) is 0 Å². The lowest BCUT2D eigenvalue weighted by molar-refractivity contribution is 0.481. The Balaban J connectivity index is 2.24. The van der Waals surface area contributed by atoms with Crippen molar-refractivity contribution < 1.29 is 4.74 Å². The molecular formula is C15H15Br2NO. The third-order valence-electron chi connectivity index (χ3n) is 2.83. The quantitative estimate of drug-likeness (QED) is 0.775. The van der Waals surface area contributed by atoms with Crippen molar-refractivity contribution in [1.82, 2.24) is 0 Å². The summed E-state index contributed by atoms with van der Waals surface area (Å²) in [6.45, 7) is 3.99. The molecule has 0 saturated heterocycles. The predicted octanol–water partition coefficient (Wildman–Crippen LogP) is 5.33. The molecule has 1 atom stereocenters. The average Bonchev–Trinajstić information content (AvgIpc) is 2.33. The van der Waals surface area contributed by atoms with E-state index in [4.69, 9.17) is 10.5 Å². The van der Waals surface area contributed by atoms with E-state index >= 15 is 0 Å². The average molecular weight is 385 g/mol. The monoisotopic (exact) mass is 383 g/mol. The van der Waals surface area contributed by atoms with Crippen LogP contribution in [-0.2, 0) is 0 Å². The molecule has 100 valence electrons. The molecule has 0 spiro atoms. The highest BCUT2D eigenvalue weighted by molar-refractivity contribution is 9.10. The largest absolute Gasteiger partial charge is 0.457 e. The summed E-state index contributed by atoms with van der Waals surface area (Å²) in [7, 11) is 0. The molecule has 2 aromatic rings. The minimum absolute atomic E-state index is 0.00153. The van der Waals surface area contributed by atoms with Crippen molar-refractivity contribution in [3.63, 3.8) is 0 Å². The molecule has 0 aliphatic heterocycles. The minimum Gasteiger partial charge on any atom is -0.457 e. The molecule has 0 fully saturated rings. The van der Waals surface area contributed by atoms with Crippen LogP contribution in [0.2, 0.25) is 0 Å². The highest BCUT2D eigenvalue weighted by atomic mass is 79.9. The van der Waals surface area contributed by atoms with Gasteiger partial charge in [0.15, 0.2) is 0 Å². The van der Waals surface area contributed by atoms with E-state index in [0.717, 1.165) is 31.6 Å². The van der Waals surface area contributed by atoms with Crippen LogP contribution in [-0.4, -0.2) is 0 Å². The van der Waals surface area contributed by atoms with Gasteiger partial charge < -0.3 is 10.5 Å². The lowest BCUT2D eigenvalue weighted by Crippen LogP contribution is -2.05. The van der Waals surface area contributed by atoms with Gasteiger partial charge >= 0.3 is 0 Å². The van der Waals surface area contributed by atoms with Gasteiger partial charge in [0.1, 0.15) is 11.5 Å². The first-order valence-corrected chi connectivity index (χ1v) is 7.55. The summed E-state index contributed by atoms with van der Waals surface area (Å²) in [4.78, 5) is 0. The first kappa shape index (κ1) is 14.6. The molecule has 0 aromatic heterocycles. The molecule has 2 aromatic carbocycles. The maximum Gasteiger partial charge on any atom is 0.128 e. The number of nitrogens with two attached hydrogens (primary N) is 1. The predicted molar refractivity (Wildman–Crippen MR) is 85.7 cm³/mol. The number of hydrogen-bond acceptors (Lipinski definition) is 2. The maximum atomic E-state index is 5.88. The molecule has 0 heterocycles. The van der Waals surface area contributed by atoms with Gasteiger partial charge in [0.25, 0.3) is 0 Å². The Morgan fingerprint density at radius 3 is 2.21 bits per heavy atom. The topological polar surface area (TPSA) is 35.2 Å². The minimum atomic E-state index is -0.00153. The van der Waals surface area contributed by atoms with Crippen LogP contribution in [0.4, 0.5) is 0 Å². The zero-order chi connectivity index (χ0) is 14.0. The van der Waals surface area contributed by atoms with E-state index in [1.807, 2.05) is 50.2 Å². The molecule has 0 aliphatic rings. The van der Waals surface area contributed by atoms with Crippen molar-refractivity contribution in [3.05, 3.63) is 56.5 Å². The van der Waals surface area contributed by atoms with Gasteiger partial charge in [0.05, 0.1) is 0 Å². The summed E-state index contributed by atoms with van der Waals surface area (Å²) in [5.41, 5.74) is 8.09. The third-order valence-corrected chi connectivity index (χ3v) is 4.40. The van der Waals surface area contributed by atoms with Crippen molar-refractivity contribution in [2.24, 2.45) is 5.73 Å². The van der Waals surface area contributed by atoms with Crippen LogP contribution in [0.5, 0.6) is 11.5 Å². The lowest BCUT2D eigenvalue weighted by Gasteiger charge is -2.12. The van der Waals surface area contributed by atoms with Crippen LogP contribution in [0.25, 0.3) is 0 Å².